The Bertz CT molecular complexity index is 152. The van der Waals surface area contributed by atoms with Gasteiger partial charge >= 0.3 is 0 Å². The monoisotopic (exact) mass is 106 g/mol. The smallest absolute Gasteiger partial charge is 0.0101 e. The van der Waals surface area contributed by atoms with Gasteiger partial charge in [0.05, 0.1) is 0 Å². The van der Waals surface area contributed by atoms with Gasteiger partial charge in [0, 0.05) is 0 Å². The highest BCUT2D eigenvalue weighted by molar-refractivity contribution is 5.32. The Hall–Kier alpha value is -0.260. The Labute approximate surface area is 49.6 Å². The zero-order valence-corrected chi connectivity index (χ0v) is 4.98. The van der Waals surface area contributed by atoms with Crippen molar-refractivity contribution in [2.75, 3.05) is 0 Å². The predicted octanol–water partition coefficient (Wildman–Crippen LogP) is 2.12. The van der Waals surface area contributed by atoms with Crippen LogP contribution in [-0.4, -0.2) is 0 Å². The minimum absolute atomic E-state index is 0.764. The SMILES string of the molecule is C1=CC23CCC1(C2)C3. The predicted molar refractivity (Wildman–Crippen MR) is 32.5 cm³/mol. The lowest BCUT2D eigenvalue weighted by Crippen LogP contribution is -2.27. The van der Waals surface area contributed by atoms with Crippen molar-refractivity contribution in [3.63, 3.8) is 0 Å². The first-order valence-electron chi connectivity index (χ1n) is 3.53. The van der Waals surface area contributed by atoms with Gasteiger partial charge in [0.15, 0.2) is 0 Å². The summed E-state index contributed by atoms with van der Waals surface area (Å²) >= 11 is 0. The second-order valence-corrected chi connectivity index (χ2v) is 3.91. The first kappa shape index (κ1) is 3.71. The lowest BCUT2D eigenvalue weighted by atomic mass is 9.67. The maximum Gasteiger partial charge on any atom is -0.0101 e. The van der Waals surface area contributed by atoms with E-state index < -0.39 is 0 Å². The molecule has 3 saturated carbocycles. The third kappa shape index (κ3) is 0.195. The van der Waals surface area contributed by atoms with Crippen LogP contribution < -0.4 is 0 Å². The Morgan fingerprint density at radius 3 is 1.50 bits per heavy atom. The van der Waals surface area contributed by atoms with Gasteiger partial charge in [-0.2, -0.15) is 0 Å². The van der Waals surface area contributed by atoms with E-state index in [1.807, 2.05) is 0 Å². The van der Waals surface area contributed by atoms with Crippen molar-refractivity contribution in [1.82, 2.24) is 0 Å². The highest BCUT2D eigenvalue weighted by Gasteiger charge is 2.61. The summed E-state index contributed by atoms with van der Waals surface area (Å²) < 4.78 is 0. The molecule has 5 rings (SSSR count). The standard InChI is InChI=1S/C8H10/c1-2-8-4-3-7(1,5-8)6-8/h1-2H,3-6H2. The normalized spacial score (nSPS) is 64.0. The molecule has 0 aromatic heterocycles. The number of allylic oxidation sites excluding steroid dienone is 2. The van der Waals surface area contributed by atoms with E-state index >= 15 is 0 Å². The first-order valence-corrected chi connectivity index (χ1v) is 3.53. The summed E-state index contributed by atoms with van der Waals surface area (Å²) in [4.78, 5) is 0. The maximum absolute atomic E-state index is 2.47. The molecule has 0 amide bonds. The molecule has 0 heterocycles. The highest BCUT2D eigenvalue weighted by atomic mass is 14.7. The molecule has 0 spiro atoms. The second-order valence-electron chi connectivity index (χ2n) is 3.91. The van der Waals surface area contributed by atoms with Gasteiger partial charge in [-0.15, -0.1) is 0 Å². The van der Waals surface area contributed by atoms with E-state index in [-0.39, 0.29) is 0 Å². The summed E-state index contributed by atoms with van der Waals surface area (Å²) in [6.07, 6.45) is 11.0. The van der Waals surface area contributed by atoms with E-state index in [0.717, 1.165) is 10.8 Å². The summed E-state index contributed by atoms with van der Waals surface area (Å²) in [5, 5.41) is 0. The van der Waals surface area contributed by atoms with Crippen molar-refractivity contribution in [2.45, 2.75) is 25.7 Å². The molecule has 0 aromatic carbocycles. The Morgan fingerprint density at radius 2 is 1.38 bits per heavy atom. The molecule has 5 aliphatic carbocycles. The fourth-order valence-corrected chi connectivity index (χ4v) is 2.96. The van der Waals surface area contributed by atoms with Gasteiger partial charge in [-0.05, 0) is 36.5 Å². The fraction of sp³-hybridized carbons (Fsp3) is 0.750. The van der Waals surface area contributed by atoms with E-state index in [1.54, 1.807) is 0 Å². The van der Waals surface area contributed by atoms with Crippen LogP contribution in [0.4, 0.5) is 0 Å². The number of rotatable bonds is 0. The maximum atomic E-state index is 2.47. The van der Waals surface area contributed by atoms with Crippen molar-refractivity contribution in [1.29, 1.82) is 0 Å². The van der Waals surface area contributed by atoms with Crippen LogP contribution in [0.3, 0.4) is 0 Å². The lowest BCUT2D eigenvalue weighted by molar-refractivity contribution is 0.172. The van der Waals surface area contributed by atoms with Crippen LogP contribution in [0.15, 0.2) is 12.2 Å². The zero-order chi connectivity index (χ0) is 5.24. The lowest BCUT2D eigenvalue weighted by Gasteiger charge is -2.36. The first-order chi connectivity index (χ1) is 3.83. The highest BCUT2D eigenvalue weighted by Crippen LogP contribution is 2.73. The molecule has 42 valence electrons. The van der Waals surface area contributed by atoms with Crippen molar-refractivity contribution in [3.8, 4) is 0 Å². The van der Waals surface area contributed by atoms with E-state index in [9.17, 15) is 0 Å². The van der Waals surface area contributed by atoms with Crippen molar-refractivity contribution in [2.24, 2.45) is 10.8 Å². The third-order valence-corrected chi connectivity index (χ3v) is 3.32. The molecule has 0 aliphatic heterocycles. The average Bonchev–Trinajstić information content (AvgIpc) is 2.24. The van der Waals surface area contributed by atoms with Crippen LogP contribution in [0.25, 0.3) is 0 Å². The molecule has 0 atom stereocenters. The van der Waals surface area contributed by atoms with Crippen LogP contribution in [0, 0.1) is 10.8 Å². The average molecular weight is 106 g/mol. The van der Waals surface area contributed by atoms with Crippen molar-refractivity contribution < 1.29 is 0 Å². The minimum Gasteiger partial charge on any atom is -0.0817 e. The number of hydrogen-bond donors (Lipinski definition) is 0. The zero-order valence-electron chi connectivity index (χ0n) is 4.98. The van der Waals surface area contributed by atoms with Gasteiger partial charge in [0.25, 0.3) is 0 Å². The summed E-state index contributed by atoms with van der Waals surface area (Å²) in [5.41, 5.74) is 1.53. The van der Waals surface area contributed by atoms with Crippen LogP contribution in [0.2, 0.25) is 0 Å². The van der Waals surface area contributed by atoms with Gasteiger partial charge in [0.2, 0.25) is 0 Å². The molecule has 0 aromatic rings. The van der Waals surface area contributed by atoms with Gasteiger partial charge in [-0.1, -0.05) is 12.2 Å². The molecule has 0 radical (unpaired) electrons. The topological polar surface area (TPSA) is 0 Å². The molecular formula is C8H10. The molecule has 0 saturated heterocycles. The van der Waals surface area contributed by atoms with Gasteiger partial charge in [-0.25, -0.2) is 0 Å². The quantitative estimate of drug-likeness (QED) is 0.415. The van der Waals surface area contributed by atoms with Crippen LogP contribution >= 0.6 is 0 Å². The van der Waals surface area contributed by atoms with E-state index in [2.05, 4.69) is 12.2 Å². The summed E-state index contributed by atoms with van der Waals surface area (Å²) in [6, 6.07) is 0. The molecular weight excluding hydrogens is 96.1 g/mol. The molecule has 0 heteroatoms. The summed E-state index contributed by atoms with van der Waals surface area (Å²) in [7, 11) is 0. The number of fused-ring (bicyclic) bond motifs is 1. The minimum atomic E-state index is 0.764. The summed E-state index contributed by atoms with van der Waals surface area (Å²) in [6.45, 7) is 0. The largest absolute Gasteiger partial charge is 0.0817 e. The molecule has 0 nitrogen and oxygen atoms in total. The molecule has 0 unspecified atom stereocenters. The van der Waals surface area contributed by atoms with E-state index in [0.29, 0.717) is 0 Å². The van der Waals surface area contributed by atoms with Gasteiger partial charge < -0.3 is 0 Å². The number of hydrogen-bond acceptors (Lipinski definition) is 0. The van der Waals surface area contributed by atoms with E-state index in [4.69, 9.17) is 0 Å². The Kier molecular flexibility index (Phi) is 0.327. The van der Waals surface area contributed by atoms with Crippen LogP contribution in [0.5, 0.6) is 0 Å². The molecule has 0 N–H and O–H groups in total. The van der Waals surface area contributed by atoms with E-state index in [1.165, 1.54) is 25.7 Å². The van der Waals surface area contributed by atoms with Crippen LogP contribution in [0.1, 0.15) is 25.7 Å². The molecule has 8 heavy (non-hydrogen) atoms. The Balaban J connectivity index is 2.29. The van der Waals surface area contributed by atoms with Crippen LogP contribution in [-0.2, 0) is 0 Å². The van der Waals surface area contributed by atoms with Crippen molar-refractivity contribution in [3.05, 3.63) is 12.2 Å². The Morgan fingerprint density at radius 1 is 0.875 bits per heavy atom. The van der Waals surface area contributed by atoms with Gasteiger partial charge in [0.1, 0.15) is 0 Å². The van der Waals surface area contributed by atoms with Crippen molar-refractivity contribution >= 4 is 0 Å². The fourth-order valence-electron chi connectivity index (χ4n) is 2.96. The summed E-state index contributed by atoms with van der Waals surface area (Å²) in [5.74, 6) is 0. The molecule has 5 aliphatic rings. The van der Waals surface area contributed by atoms with Gasteiger partial charge in [-0.3, -0.25) is 0 Å². The third-order valence-electron chi connectivity index (χ3n) is 3.32. The molecule has 2 bridgehead atoms. The molecule has 3 fully saturated rings. The second kappa shape index (κ2) is 0.706.